The summed E-state index contributed by atoms with van der Waals surface area (Å²) in [5.41, 5.74) is -0.0128. The smallest absolute Gasteiger partial charge is 0.320 e. The normalized spacial score (nSPS) is 35.5. The molecule has 0 bridgehead atoms. The van der Waals surface area contributed by atoms with Crippen molar-refractivity contribution >= 4 is 5.97 Å². The van der Waals surface area contributed by atoms with Gasteiger partial charge in [0.05, 0.1) is 6.61 Å². The Hall–Kier alpha value is -0.610. The highest BCUT2D eigenvalue weighted by Crippen LogP contribution is 2.47. The molecule has 0 amide bonds. The largest absolute Gasteiger partial charge is 0.480 e. The molecule has 3 atom stereocenters. The van der Waals surface area contributed by atoms with Crippen molar-refractivity contribution in [1.82, 2.24) is 4.90 Å². The van der Waals surface area contributed by atoms with Crippen LogP contribution in [-0.2, 0) is 4.79 Å². The fourth-order valence-electron chi connectivity index (χ4n) is 3.71. The zero-order valence-corrected chi connectivity index (χ0v) is 10.6. The van der Waals surface area contributed by atoms with E-state index in [1.54, 1.807) is 0 Å². The molecule has 2 N–H and O–H groups in total. The number of aliphatic carboxylic acids is 1. The molecule has 4 nitrogen and oxygen atoms in total. The lowest BCUT2D eigenvalue weighted by Crippen LogP contribution is -2.41. The van der Waals surface area contributed by atoms with Crippen molar-refractivity contribution in [2.75, 3.05) is 19.7 Å². The molecule has 0 unspecified atom stereocenters. The number of carboxylic acid groups (broad SMARTS) is 1. The first-order chi connectivity index (χ1) is 8.13. The highest BCUT2D eigenvalue weighted by atomic mass is 16.4. The minimum atomic E-state index is -0.723. The molecule has 0 aromatic rings. The Morgan fingerprint density at radius 3 is 2.82 bits per heavy atom. The number of likely N-dealkylation sites (tertiary alicyclic amines) is 1. The zero-order chi connectivity index (χ0) is 12.5. The van der Waals surface area contributed by atoms with Gasteiger partial charge in [0.1, 0.15) is 6.04 Å². The van der Waals surface area contributed by atoms with Crippen LogP contribution in [0.2, 0.25) is 0 Å². The van der Waals surface area contributed by atoms with Crippen molar-refractivity contribution in [1.29, 1.82) is 0 Å². The second-order valence-electron chi connectivity index (χ2n) is 5.65. The molecule has 0 aromatic heterocycles. The molecule has 98 valence electrons. The van der Waals surface area contributed by atoms with Crippen molar-refractivity contribution in [3.63, 3.8) is 0 Å². The van der Waals surface area contributed by atoms with Crippen molar-refractivity contribution in [2.45, 2.75) is 45.1 Å². The summed E-state index contributed by atoms with van der Waals surface area (Å²) in [6.45, 7) is 3.75. The molecule has 1 aliphatic heterocycles. The first-order valence-corrected chi connectivity index (χ1v) is 6.70. The third-order valence-corrected chi connectivity index (χ3v) is 4.74. The van der Waals surface area contributed by atoms with Gasteiger partial charge in [0, 0.05) is 18.5 Å². The maximum absolute atomic E-state index is 11.2. The molecule has 2 aliphatic rings. The van der Waals surface area contributed by atoms with E-state index >= 15 is 0 Å². The van der Waals surface area contributed by atoms with Crippen LogP contribution in [0.4, 0.5) is 0 Å². The Labute approximate surface area is 103 Å². The first kappa shape index (κ1) is 12.8. The van der Waals surface area contributed by atoms with E-state index in [2.05, 4.69) is 4.90 Å². The monoisotopic (exact) mass is 241 g/mol. The van der Waals surface area contributed by atoms with Gasteiger partial charge in [0.2, 0.25) is 0 Å². The summed E-state index contributed by atoms with van der Waals surface area (Å²) in [6, 6.07) is -0.371. The van der Waals surface area contributed by atoms with E-state index < -0.39 is 5.97 Å². The second kappa shape index (κ2) is 4.94. The second-order valence-corrected chi connectivity index (χ2v) is 5.65. The molecule has 1 saturated carbocycles. The average Bonchev–Trinajstić information content (AvgIpc) is 2.69. The van der Waals surface area contributed by atoms with E-state index in [0.29, 0.717) is 12.3 Å². The molecule has 0 spiro atoms. The Balaban J connectivity index is 2.12. The van der Waals surface area contributed by atoms with Crippen molar-refractivity contribution in [3.05, 3.63) is 0 Å². The van der Waals surface area contributed by atoms with Gasteiger partial charge in [-0.1, -0.05) is 19.8 Å². The van der Waals surface area contributed by atoms with Gasteiger partial charge in [0.15, 0.2) is 0 Å². The summed E-state index contributed by atoms with van der Waals surface area (Å²) in [4.78, 5) is 13.3. The van der Waals surface area contributed by atoms with Crippen molar-refractivity contribution in [3.8, 4) is 0 Å². The van der Waals surface area contributed by atoms with E-state index in [4.69, 9.17) is 0 Å². The fourth-order valence-corrected chi connectivity index (χ4v) is 3.71. The Kier molecular flexibility index (Phi) is 3.73. The molecule has 4 heteroatoms. The van der Waals surface area contributed by atoms with E-state index in [0.717, 1.165) is 25.9 Å². The number of carbonyl (C=O) groups is 1. The molecule has 2 rings (SSSR count). The molecular weight excluding hydrogens is 218 g/mol. The summed E-state index contributed by atoms with van der Waals surface area (Å²) in [5.74, 6) is -0.228. The predicted molar refractivity (Wildman–Crippen MR) is 64.8 cm³/mol. The molecule has 2 fully saturated rings. The Morgan fingerprint density at radius 1 is 1.53 bits per heavy atom. The molecular formula is C13H23NO3. The lowest BCUT2D eigenvalue weighted by molar-refractivity contribution is -0.143. The Bertz CT molecular complexity index is 294. The van der Waals surface area contributed by atoms with Crippen LogP contribution in [0.5, 0.6) is 0 Å². The number of nitrogens with zero attached hydrogens (tertiary/aromatic N) is 1. The number of fused-ring (bicyclic) bond motifs is 1. The van der Waals surface area contributed by atoms with Gasteiger partial charge in [-0.15, -0.1) is 0 Å². The predicted octanol–water partition coefficient (Wildman–Crippen LogP) is 1.33. The van der Waals surface area contributed by atoms with Gasteiger partial charge in [-0.3, -0.25) is 9.69 Å². The summed E-state index contributed by atoms with van der Waals surface area (Å²) in [7, 11) is 0. The van der Waals surface area contributed by atoms with Crippen LogP contribution in [0, 0.1) is 11.3 Å². The van der Waals surface area contributed by atoms with Gasteiger partial charge in [-0.05, 0) is 25.2 Å². The molecule has 1 aliphatic carbocycles. The summed E-state index contributed by atoms with van der Waals surface area (Å²) in [6.07, 6.45) is 5.25. The first-order valence-electron chi connectivity index (χ1n) is 6.70. The molecule has 17 heavy (non-hydrogen) atoms. The number of rotatable bonds is 4. The number of hydrogen-bond acceptors (Lipinski definition) is 3. The average molecular weight is 241 g/mol. The highest BCUT2D eigenvalue weighted by Gasteiger charge is 2.49. The van der Waals surface area contributed by atoms with Gasteiger partial charge in [0.25, 0.3) is 0 Å². The topological polar surface area (TPSA) is 60.8 Å². The fraction of sp³-hybridized carbons (Fsp3) is 0.923. The van der Waals surface area contributed by atoms with Gasteiger partial charge in [-0.25, -0.2) is 0 Å². The summed E-state index contributed by atoms with van der Waals surface area (Å²) in [5, 5.41) is 18.9. The van der Waals surface area contributed by atoms with Crippen molar-refractivity contribution in [2.24, 2.45) is 11.3 Å². The minimum absolute atomic E-state index is 0.0128. The summed E-state index contributed by atoms with van der Waals surface area (Å²) >= 11 is 0. The number of aliphatic hydroxyl groups is 1. The van der Waals surface area contributed by atoms with Crippen LogP contribution >= 0.6 is 0 Å². The SMILES string of the molecule is CC[C@H](C(=O)O)N1C[C@@H]2CCCC[C@]2(CO)C1. The quantitative estimate of drug-likeness (QED) is 0.779. The molecule has 0 radical (unpaired) electrons. The third kappa shape index (κ3) is 2.20. The van der Waals surface area contributed by atoms with E-state index in [9.17, 15) is 15.0 Å². The van der Waals surface area contributed by atoms with Crippen LogP contribution in [-0.4, -0.2) is 46.8 Å². The highest BCUT2D eigenvalue weighted by molar-refractivity contribution is 5.73. The van der Waals surface area contributed by atoms with Gasteiger partial charge >= 0.3 is 5.97 Å². The van der Waals surface area contributed by atoms with Gasteiger partial charge in [-0.2, -0.15) is 0 Å². The van der Waals surface area contributed by atoms with Crippen LogP contribution in [0.3, 0.4) is 0 Å². The van der Waals surface area contributed by atoms with Crippen LogP contribution < -0.4 is 0 Å². The molecule has 1 saturated heterocycles. The third-order valence-electron chi connectivity index (χ3n) is 4.74. The lowest BCUT2D eigenvalue weighted by atomic mass is 9.69. The number of hydrogen-bond donors (Lipinski definition) is 2. The van der Waals surface area contributed by atoms with Crippen molar-refractivity contribution < 1.29 is 15.0 Å². The molecule has 0 aromatic carbocycles. The number of carboxylic acids is 1. The maximum atomic E-state index is 11.2. The standard InChI is InChI=1S/C13H23NO3/c1-2-11(12(16)17)14-7-10-5-3-4-6-13(10,8-14)9-15/h10-11,15H,2-9H2,1H3,(H,16,17)/t10-,11+,13+/m0/s1. The minimum Gasteiger partial charge on any atom is -0.480 e. The molecule has 1 heterocycles. The lowest BCUT2D eigenvalue weighted by Gasteiger charge is -2.37. The van der Waals surface area contributed by atoms with E-state index in [1.807, 2.05) is 6.92 Å². The number of aliphatic hydroxyl groups excluding tert-OH is 1. The summed E-state index contributed by atoms with van der Waals surface area (Å²) < 4.78 is 0. The van der Waals surface area contributed by atoms with E-state index in [1.165, 1.54) is 12.8 Å². The van der Waals surface area contributed by atoms with Crippen LogP contribution in [0.25, 0.3) is 0 Å². The maximum Gasteiger partial charge on any atom is 0.320 e. The van der Waals surface area contributed by atoms with Crippen LogP contribution in [0.1, 0.15) is 39.0 Å². The van der Waals surface area contributed by atoms with Crippen LogP contribution in [0.15, 0.2) is 0 Å². The Morgan fingerprint density at radius 2 is 2.29 bits per heavy atom. The van der Waals surface area contributed by atoms with E-state index in [-0.39, 0.29) is 18.1 Å². The van der Waals surface area contributed by atoms with Gasteiger partial charge < -0.3 is 10.2 Å². The zero-order valence-electron chi connectivity index (χ0n) is 10.6.